The lowest BCUT2D eigenvalue weighted by molar-refractivity contribution is 0.0650. The number of benzene rings is 1. The molecule has 0 radical (unpaired) electrons. The van der Waals surface area contributed by atoms with Crippen LogP contribution in [-0.4, -0.2) is 43.5 Å². The Bertz CT molecular complexity index is 894. The van der Waals surface area contributed by atoms with Crippen molar-refractivity contribution in [3.8, 4) is 10.7 Å². The third-order valence-electron chi connectivity index (χ3n) is 4.74. The van der Waals surface area contributed by atoms with Crippen molar-refractivity contribution >= 4 is 23.6 Å². The van der Waals surface area contributed by atoms with Gasteiger partial charge < -0.3 is 5.11 Å². The van der Waals surface area contributed by atoms with Gasteiger partial charge in [0.25, 0.3) is 0 Å². The predicted molar refractivity (Wildman–Crippen MR) is 107 cm³/mol. The van der Waals surface area contributed by atoms with Crippen molar-refractivity contribution in [2.45, 2.75) is 32.2 Å². The first-order valence-electron chi connectivity index (χ1n) is 8.86. The second kappa shape index (κ2) is 7.84. The van der Waals surface area contributed by atoms with Crippen LogP contribution in [0.3, 0.4) is 0 Å². The monoisotopic (exact) mass is 386 g/mol. The molecule has 0 bridgehead atoms. The number of hydrogen-bond donors (Lipinski definition) is 1. The average Bonchev–Trinajstić information content (AvgIpc) is 3.28. The van der Waals surface area contributed by atoms with Crippen LogP contribution in [0.4, 0.5) is 0 Å². The van der Waals surface area contributed by atoms with Crippen LogP contribution in [0.2, 0.25) is 0 Å². The summed E-state index contributed by atoms with van der Waals surface area (Å²) in [6, 6.07) is 14.5. The number of aliphatic hydroxyl groups excluding tert-OH is 1. The van der Waals surface area contributed by atoms with Crippen molar-refractivity contribution in [1.82, 2.24) is 19.2 Å². The fourth-order valence-electron chi connectivity index (χ4n) is 3.28. The van der Waals surface area contributed by atoms with E-state index in [0.717, 1.165) is 41.4 Å². The zero-order valence-electron chi connectivity index (χ0n) is 14.5. The highest BCUT2D eigenvalue weighted by atomic mass is 32.1. The van der Waals surface area contributed by atoms with E-state index in [-0.39, 0.29) is 6.10 Å². The van der Waals surface area contributed by atoms with E-state index in [0.29, 0.717) is 13.2 Å². The summed E-state index contributed by atoms with van der Waals surface area (Å²) in [6.45, 7) is 3.14. The molecule has 0 unspecified atom stereocenters. The van der Waals surface area contributed by atoms with E-state index >= 15 is 0 Å². The molecule has 4 rings (SSSR count). The first-order valence-corrected chi connectivity index (χ1v) is 10.2. The van der Waals surface area contributed by atoms with Crippen LogP contribution in [0.1, 0.15) is 18.4 Å². The van der Waals surface area contributed by atoms with Crippen LogP contribution in [0.5, 0.6) is 0 Å². The van der Waals surface area contributed by atoms with Crippen LogP contribution >= 0.6 is 23.6 Å². The highest BCUT2D eigenvalue weighted by Gasteiger charge is 2.20. The summed E-state index contributed by atoms with van der Waals surface area (Å²) >= 11 is 7.45. The number of rotatable bonds is 5. The first-order chi connectivity index (χ1) is 12.7. The summed E-state index contributed by atoms with van der Waals surface area (Å²) in [7, 11) is 0. The molecule has 0 aliphatic carbocycles. The van der Waals surface area contributed by atoms with Gasteiger partial charge in [0.1, 0.15) is 0 Å². The average molecular weight is 387 g/mol. The molecule has 3 heterocycles. The van der Waals surface area contributed by atoms with E-state index in [2.05, 4.69) is 33.0 Å². The number of piperidine rings is 1. The maximum absolute atomic E-state index is 9.71. The van der Waals surface area contributed by atoms with Crippen molar-refractivity contribution < 1.29 is 5.11 Å². The van der Waals surface area contributed by atoms with Gasteiger partial charge in [-0.2, -0.15) is 0 Å². The molecule has 1 aliphatic heterocycles. The highest BCUT2D eigenvalue weighted by molar-refractivity contribution is 7.71. The van der Waals surface area contributed by atoms with Crippen LogP contribution in [0.15, 0.2) is 47.8 Å². The molecule has 0 saturated carbocycles. The smallest absolute Gasteiger partial charge is 0.199 e. The number of aromatic nitrogens is 3. The van der Waals surface area contributed by atoms with Gasteiger partial charge in [-0.05, 0) is 42.1 Å². The summed E-state index contributed by atoms with van der Waals surface area (Å²) in [6.07, 6.45) is 1.46. The highest BCUT2D eigenvalue weighted by Crippen LogP contribution is 2.25. The molecule has 0 atom stereocenters. The van der Waals surface area contributed by atoms with Gasteiger partial charge in [0.05, 0.1) is 24.2 Å². The van der Waals surface area contributed by atoms with Gasteiger partial charge in [-0.1, -0.05) is 36.4 Å². The molecule has 7 heteroatoms. The Morgan fingerprint density at radius 3 is 2.58 bits per heavy atom. The number of nitrogens with zero attached hydrogens (tertiary/aromatic N) is 4. The van der Waals surface area contributed by atoms with Crippen LogP contribution in [0.25, 0.3) is 10.7 Å². The molecule has 0 amide bonds. The van der Waals surface area contributed by atoms with E-state index in [9.17, 15) is 5.11 Å². The van der Waals surface area contributed by atoms with Crippen LogP contribution in [0, 0.1) is 4.77 Å². The molecule has 1 fully saturated rings. The van der Waals surface area contributed by atoms with Crippen molar-refractivity contribution in [2.75, 3.05) is 13.1 Å². The van der Waals surface area contributed by atoms with Gasteiger partial charge in [-0.15, -0.1) is 16.4 Å². The fourth-order valence-corrected chi connectivity index (χ4v) is 4.25. The standard InChI is InChI=1S/C19H22N4OS2/c24-16-8-10-21(11-9-16)14-23-19(25)22(13-15-5-2-1-3-6-15)18(20-23)17-7-4-12-26-17/h1-7,12,16,24H,8-11,13-14H2. The quantitative estimate of drug-likeness (QED) is 0.681. The van der Waals surface area contributed by atoms with Crippen molar-refractivity contribution in [2.24, 2.45) is 0 Å². The molecule has 2 aromatic heterocycles. The van der Waals surface area contributed by atoms with E-state index in [1.807, 2.05) is 28.9 Å². The zero-order valence-corrected chi connectivity index (χ0v) is 16.1. The Balaban J connectivity index is 1.65. The predicted octanol–water partition coefficient (Wildman–Crippen LogP) is 3.61. The molecular weight excluding hydrogens is 364 g/mol. The Kier molecular flexibility index (Phi) is 5.31. The van der Waals surface area contributed by atoms with Gasteiger partial charge in [0, 0.05) is 13.1 Å². The van der Waals surface area contributed by atoms with Crippen molar-refractivity contribution in [3.05, 3.63) is 58.2 Å². The summed E-state index contributed by atoms with van der Waals surface area (Å²) in [5, 5.41) is 16.6. The molecule has 0 spiro atoms. The summed E-state index contributed by atoms with van der Waals surface area (Å²) < 4.78 is 4.78. The van der Waals surface area contributed by atoms with Gasteiger partial charge in [0.2, 0.25) is 0 Å². The molecule has 26 heavy (non-hydrogen) atoms. The summed E-state index contributed by atoms with van der Waals surface area (Å²) in [5.74, 6) is 0.922. The Labute approximate surface area is 162 Å². The number of hydrogen-bond acceptors (Lipinski definition) is 5. The van der Waals surface area contributed by atoms with Crippen LogP contribution in [-0.2, 0) is 13.2 Å². The third-order valence-corrected chi connectivity index (χ3v) is 6.04. The van der Waals surface area contributed by atoms with E-state index in [1.54, 1.807) is 11.3 Å². The summed E-state index contributed by atoms with van der Waals surface area (Å²) in [4.78, 5) is 3.43. The lowest BCUT2D eigenvalue weighted by Crippen LogP contribution is -2.37. The van der Waals surface area contributed by atoms with Crippen molar-refractivity contribution in [3.63, 3.8) is 0 Å². The van der Waals surface area contributed by atoms with E-state index in [4.69, 9.17) is 17.3 Å². The van der Waals surface area contributed by atoms with Gasteiger partial charge in [-0.3, -0.25) is 9.47 Å². The SMILES string of the molecule is OC1CCN(Cn2nc(-c3cccs3)n(Cc3ccccc3)c2=S)CC1. The topological polar surface area (TPSA) is 46.2 Å². The summed E-state index contributed by atoms with van der Waals surface area (Å²) in [5.41, 5.74) is 1.21. The molecule has 1 aromatic carbocycles. The minimum Gasteiger partial charge on any atom is -0.393 e. The maximum atomic E-state index is 9.71. The molecule has 1 aliphatic rings. The first kappa shape index (κ1) is 17.6. The molecule has 3 aromatic rings. The van der Waals surface area contributed by atoms with Gasteiger partial charge in [-0.25, -0.2) is 4.68 Å². The Morgan fingerprint density at radius 1 is 1.12 bits per heavy atom. The molecule has 136 valence electrons. The minimum atomic E-state index is -0.170. The zero-order chi connectivity index (χ0) is 17.9. The maximum Gasteiger partial charge on any atom is 0.199 e. The number of likely N-dealkylation sites (tertiary alicyclic amines) is 1. The fraction of sp³-hybridized carbons (Fsp3) is 0.368. The van der Waals surface area contributed by atoms with Crippen LogP contribution < -0.4 is 0 Å². The normalized spacial score (nSPS) is 16.2. The lowest BCUT2D eigenvalue weighted by Gasteiger charge is -2.28. The molecule has 1 saturated heterocycles. The van der Waals surface area contributed by atoms with Gasteiger partial charge in [0.15, 0.2) is 10.6 Å². The van der Waals surface area contributed by atoms with E-state index < -0.39 is 0 Å². The number of thiophene rings is 1. The Morgan fingerprint density at radius 2 is 1.88 bits per heavy atom. The van der Waals surface area contributed by atoms with E-state index in [1.165, 1.54) is 5.56 Å². The number of aliphatic hydroxyl groups is 1. The minimum absolute atomic E-state index is 0.170. The Hall–Kier alpha value is -1.80. The second-order valence-electron chi connectivity index (χ2n) is 6.65. The van der Waals surface area contributed by atoms with Gasteiger partial charge >= 0.3 is 0 Å². The van der Waals surface area contributed by atoms with Crippen molar-refractivity contribution in [1.29, 1.82) is 0 Å². The molecular formula is C19H22N4OS2. The molecule has 5 nitrogen and oxygen atoms in total. The molecule has 1 N–H and O–H groups in total. The third kappa shape index (κ3) is 3.81. The largest absolute Gasteiger partial charge is 0.393 e. The lowest BCUT2D eigenvalue weighted by atomic mass is 10.1. The second-order valence-corrected chi connectivity index (χ2v) is 7.96.